The summed E-state index contributed by atoms with van der Waals surface area (Å²) in [5.41, 5.74) is 4.25. The number of nitrogens with zero attached hydrogens (tertiary/aromatic N) is 1. The summed E-state index contributed by atoms with van der Waals surface area (Å²) in [5, 5.41) is 6.66. The molecule has 4 rings (SSSR count). The Labute approximate surface area is 178 Å². The number of hydrogen-bond donors (Lipinski definition) is 2. The molecule has 0 saturated carbocycles. The summed E-state index contributed by atoms with van der Waals surface area (Å²) in [6, 6.07) is 18.8. The second kappa shape index (κ2) is 8.42. The second-order valence-corrected chi connectivity index (χ2v) is 7.69. The third-order valence-corrected chi connectivity index (χ3v) is 5.76. The molecule has 6 nitrogen and oxygen atoms in total. The zero-order chi connectivity index (χ0) is 21.1. The molecule has 4 aromatic rings. The fourth-order valence-electron chi connectivity index (χ4n) is 3.11. The minimum Gasteiger partial charge on any atom is -0.497 e. The first-order valence-electron chi connectivity index (χ1n) is 9.34. The summed E-state index contributed by atoms with van der Waals surface area (Å²) in [6.07, 6.45) is 0. The number of benzene rings is 3. The van der Waals surface area contributed by atoms with Gasteiger partial charge in [-0.05, 0) is 55.0 Å². The lowest BCUT2D eigenvalue weighted by Gasteiger charge is -2.13. The van der Waals surface area contributed by atoms with Crippen LogP contribution in [0.15, 0.2) is 60.7 Å². The maximum Gasteiger partial charge on any atom is 0.323 e. The number of aryl methyl sites for hydroxylation is 1. The summed E-state index contributed by atoms with van der Waals surface area (Å²) in [4.78, 5) is 17.2. The number of anilines is 2. The van der Waals surface area contributed by atoms with E-state index in [2.05, 4.69) is 16.7 Å². The number of ether oxygens (including phenoxy) is 2. The molecule has 0 unspecified atom stereocenters. The number of amides is 2. The van der Waals surface area contributed by atoms with Gasteiger partial charge >= 0.3 is 6.03 Å². The normalized spacial score (nSPS) is 10.6. The standard InChI is InChI=1S/C23H21N3O3S/c1-14-12-15(22-24-19-6-4-5-7-21(19)30-22)8-10-17(14)25-23(27)26-18-11-9-16(28-2)13-20(18)29-3/h4-13H,1-3H3,(H2,25,26,27). The fraction of sp³-hybridized carbons (Fsp3) is 0.130. The van der Waals surface area contributed by atoms with E-state index in [1.807, 2.05) is 43.3 Å². The van der Waals surface area contributed by atoms with Crippen LogP contribution in [0.2, 0.25) is 0 Å². The van der Waals surface area contributed by atoms with Crippen LogP contribution in [0, 0.1) is 6.92 Å². The molecule has 0 bridgehead atoms. The van der Waals surface area contributed by atoms with Gasteiger partial charge in [-0.25, -0.2) is 9.78 Å². The average molecular weight is 420 g/mol. The zero-order valence-corrected chi connectivity index (χ0v) is 17.7. The smallest absolute Gasteiger partial charge is 0.323 e. The average Bonchev–Trinajstić information content (AvgIpc) is 3.19. The lowest BCUT2D eigenvalue weighted by molar-refractivity contribution is 0.262. The molecule has 152 valence electrons. The van der Waals surface area contributed by atoms with Crippen molar-refractivity contribution in [2.75, 3.05) is 24.9 Å². The Bertz CT molecular complexity index is 1190. The van der Waals surface area contributed by atoms with E-state index in [0.717, 1.165) is 32.0 Å². The summed E-state index contributed by atoms with van der Waals surface area (Å²) in [6.45, 7) is 1.96. The van der Waals surface area contributed by atoms with Crippen LogP contribution in [0.25, 0.3) is 20.8 Å². The highest BCUT2D eigenvalue weighted by Gasteiger charge is 2.12. The maximum absolute atomic E-state index is 12.5. The molecule has 1 aromatic heterocycles. The Morgan fingerprint density at radius 1 is 0.933 bits per heavy atom. The molecule has 30 heavy (non-hydrogen) atoms. The van der Waals surface area contributed by atoms with Crippen LogP contribution in [0.1, 0.15) is 5.56 Å². The molecule has 0 saturated heterocycles. The van der Waals surface area contributed by atoms with Crippen LogP contribution < -0.4 is 20.1 Å². The first-order chi connectivity index (χ1) is 14.6. The van der Waals surface area contributed by atoms with Crippen molar-refractivity contribution in [2.45, 2.75) is 6.92 Å². The molecule has 2 amide bonds. The monoisotopic (exact) mass is 419 g/mol. The number of rotatable bonds is 5. The van der Waals surface area contributed by atoms with Crippen LogP contribution in [-0.2, 0) is 0 Å². The quantitative estimate of drug-likeness (QED) is 0.420. The van der Waals surface area contributed by atoms with Gasteiger partial charge in [-0.15, -0.1) is 11.3 Å². The zero-order valence-electron chi connectivity index (χ0n) is 16.9. The van der Waals surface area contributed by atoms with Gasteiger partial charge in [0, 0.05) is 17.3 Å². The lowest BCUT2D eigenvalue weighted by Crippen LogP contribution is -2.20. The highest BCUT2D eigenvalue weighted by atomic mass is 32.1. The van der Waals surface area contributed by atoms with Gasteiger partial charge in [0.15, 0.2) is 0 Å². The number of urea groups is 1. The van der Waals surface area contributed by atoms with Crippen LogP contribution in [0.5, 0.6) is 11.5 Å². The number of nitrogens with one attached hydrogen (secondary N) is 2. The molecule has 0 spiro atoms. The predicted octanol–water partition coefficient (Wildman–Crippen LogP) is 5.93. The van der Waals surface area contributed by atoms with Gasteiger partial charge in [0.2, 0.25) is 0 Å². The van der Waals surface area contributed by atoms with Gasteiger partial charge in [-0.3, -0.25) is 0 Å². The minimum atomic E-state index is -0.352. The van der Waals surface area contributed by atoms with Gasteiger partial charge in [0.25, 0.3) is 0 Å². The number of para-hydroxylation sites is 1. The summed E-state index contributed by atoms with van der Waals surface area (Å²) in [5.74, 6) is 1.17. The van der Waals surface area contributed by atoms with E-state index in [9.17, 15) is 4.79 Å². The molecule has 3 aromatic carbocycles. The first-order valence-corrected chi connectivity index (χ1v) is 10.2. The van der Waals surface area contributed by atoms with Crippen LogP contribution in [0.3, 0.4) is 0 Å². The number of methoxy groups -OCH3 is 2. The van der Waals surface area contributed by atoms with Crippen LogP contribution >= 0.6 is 11.3 Å². The molecule has 0 fully saturated rings. The van der Waals surface area contributed by atoms with Crippen molar-refractivity contribution in [2.24, 2.45) is 0 Å². The number of carbonyl (C=O) groups excluding carboxylic acids is 1. The largest absolute Gasteiger partial charge is 0.497 e. The van der Waals surface area contributed by atoms with Crippen molar-refractivity contribution in [1.29, 1.82) is 0 Å². The van der Waals surface area contributed by atoms with Crippen molar-refractivity contribution < 1.29 is 14.3 Å². The Balaban J connectivity index is 1.50. The number of thiazole rings is 1. The highest BCUT2D eigenvalue weighted by molar-refractivity contribution is 7.21. The van der Waals surface area contributed by atoms with Crippen molar-refractivity contribution in [1.82, 2.24) is 4.98 Å². The second-order valence-electron chi connectivity index (χ2n) is 6.66. The maximum atomic E-state index is 12.5. The van der Waals surface area contributed by atoms with Gasteiger partial charge in [-0.2, -0.15) is 0 Å². The molecule has 2 N–H and O–H groups in total. The molecule has 1 heterocycles. The fourth-order valence-corrected chi connectivity index (χ4v) is 4.07. The predicted molar refractivity (Wildman–Crippen MR) is 122 cm³/mol. The van der Waals surface area contributed by atoms with Crippen LogP contribution in [0.4, 0.5) is 16.2 Å². The van der Waals surface area contributed by atoms with E-state index in [-0.39, 0.29) is 6.03 Å². The molecule has 0 radical (unpaired) electrons. The molecule has 0 aliphatic heterocycles. The Hall–Kier alpha value is -3.58. The van der Waals surface area contributed by atoms with Crippen molar-refractivity contribution in [3.05, 3.63) is 66.2 Å². The van der Waals surface area contributed by atoms with E-state index < -0.39 is 0 Å². The Morgan fingerprint density at radius 3 is 2.43 bits per heavy atom. The Morgan fingerprint density at radius 2 is 1.70 bits per heavy atom. The first kappa shape index (κ1) is 19.7. The van der Waals surface area contributed by atoms with E-state index in [1.165, 1.54) is 0 Å². The third-order valence-electron chi connectivity index (χ3n) is 4.67. The molecule has 7 heteroatoms. The Kier molecular flexibility index (Phi) is 5.54. The molecule has 0 aliphatic rings. The van der Waals surface area contributed by atoms with Crippen LogP contribution in [-0.4, -0.2) is 25.2 Å². The molecular formula is C23H21N3O3S. The molecule has 0 atom stereocenters. The number of fused-ring (bicyclic) bond motifs is 1. The molecule has 0 aliphatic carbocycles. The summed E-state index contributed by atoms with van der Waals surface area (Å²) in [7, 11) is 3.12. The van der Waals surface area contributed by atoms with Gasteiger partial charge in [-0.1, -0.05) is 12.1 Å². The van der Waals surface area contributed by atoms with E-state index in [4.69, 9.17) is 14.5 Å². The SMILES string of the molecule is COc1ccc(NC(=O)Nc2ccc(-c3nc4ccccc4s3)cc2C)c(OC)c1. The molecular weight excluding hydrogens is 398 g/mol. The highest BCUT2D eigenvalue weighted by Crippen LogP contribution is 2.32. The van der Waals surface area contributed by atoms with Gasteiger partial charge in [0.1, 0.15) is 16.5 Å². The lowest BCUT2D eigenvalue weighted by atomic mass is 10.1. The van der Waals surface area contributed by atoms with Crippen molar-refractivity contribution in [3.63, 3.8) is 0 Å². The number of carbonyl (C=O) groups is 1. The van der Waals surface area contributed by atoms with E-state index in [0.29, 0.717) is 17.2 Å². The summed E-state index contributed by atoms with van der Waals surface area (Å²) < 4.78 is 11.7. The van der Waals surface area contributed by atoms with Gasteiger partial charge < -0.3 is 20.1 Å². The topological polar surface area (TPSA) is 72.5 Å². The number of hydrogen-bond acceptors (Lipinski definition) is 5. The van der Waals surface area contributed by atoms with E-state index in [1.54, 1.807) is 43.8 Å². The third kappa shape index (κ3) is 4.06. The summed E-state index contributed by atoms with van der Waals surface area (Å²) >= 11 is 1.65. The minimum absolute atomic E-state index is 0.352. The number of aromatic nitrogens is 1. The van der Waals surface area contributed by atoms with Gasteiger partial charge in [0.05, 0.1) is 30.1 Å². The van der Waals surface area contributed by atoms with E-state index >= 15 is 0 Å². The van der Waals surface area contributed by atoms with Crippen molar-refractivity contribution in [3.8, 4) is 22.1 Å². The van der Waals surface area contributed by atoms with Crippen molar-refractivity contribution >= 4 is 39.0 Å².